The number of nitrogens with two attached hydrogens (primary N) is 1. The smallest absolute Gasteiger partial charge is 0.319 e. The molecular formula is C10H23N3O. The van der Waals surface area contributed by atoms with Gasteiger partial charge in [-0.2, -0.15) is 0 Å². The Bertz CT molecular complexity index is 167. The van der Waals surface area contributed by atoms with E-state index in [1.807, 2.05) is 4.90 Å². The first-order chi connectivity index (χ1) is 6.58. The van der Waals surface area contributed by atoms with Crippen molar-refractivity contribution in [2.24, 2.45) is 5.73 Å². The molecule has 2 N–H and O–H groups in total. The van der Waals surface area contributed by atoms with E-state index >= 15 is 0 Å². The van der Waals surface area contributed by atoms with E-state index in [-0.39, 0.29) is 6.03 Å². The molecule has 0 aromatic rings. The van der Waals surface area contributed by atoms with E-state index in [1.54, 1.807) is 19.0 Å². The summed E-state index contributed by atoms with van der Waals surface area (Å²) in [4.78, 5) is 15.3. The topological polar surface area (TPSA) is 49.6 Å². The highest BCUT2D eigenvalue weighted by Gasteiger charge is 2.21. The van der Waals surface area contributed by atoms with Gasteiger partial charge in [0.15, 0.2) is 0 Å². The van der Waals surface area contributed by atoms with Gasteiger partial charge in [-0.3, -0.25) is 0 Å². The predicted molar refractivity (Wildman–Crippen MR) is 59.2 cm³/mol. The summed E-state index contributed by atoms with van der Waals surface area (Å²) in [6, 6.07) is 0.373. The maximum atomic E-state index is 11.8. The Morgan fingerprint density at radius 3 is 2.07 bits per heavy atom. The molecule has 0 saturated heterocycles. The second-order valence-corrected chi connectivity index (χ2v) is 3.63. The summed E-state index contributed by atoms with van der Waals surface area (Å²) < 4.78 is 0. The van der Waals surface area contributed by atoms with Gasteiger partial charge >= 0.3 is 6.03 Å². The van der Waals surface area contributed by atoms with Crippen molar-refractivity contribution in [1.82, 2.24) is 9.80 Å². The van der Waals surface area contributed by atoms with Crippen LogP contribution in [0.15, 0.2) is 0 Å². The fourth-order valence-corrected chi connectivity index (χ4v) is 1.56. The molecular weight excluding hydrogens is 178 g/mol. The van der Waals surface area contributed by atoms with Gasteiger partial charge in [-0.15, -0.1) is 0 Å². The Morgan fingerprint density at radius 1 is 1.29 bits per heavy atom. The molecule has 0 radical (unpaired) electrons. The molecule has 0 aromatic carbocycles. The molecule has 0 spiro atoms. The standard InChI is InChI=1S/C10H23N3O/c1-5-9(6-2)13(8-7-11)10(14)12(3)4/h9H,5-8,11H2,1-4H3. The number of nitrogens with zero attached hydrogens (tertiary/aromatic N) is 2. The zero-order valence-corrected chi connectivity index (χ0v) is 9.79. The van der Waals surface area contributed by atoms with Crippen LogP contribution in [0.5, 0.6) is 0 Å². The van der Waals surface area contributed by atoms with Crippen LogP contribution in [-0.4, -0.2) is 49.1 Å². The van der Waals surface area contributed by atoms with Crippen molar-refractivity contribution in [2.45, 2.75) is 32.7 Å². The molecule has 0 heterocycles. The van der Waals surface area contributed by atoms with Gasteiger partial charge in [-0.1, -0.05) is 13.8 Å². The molecule has 0 rings (SSSR count). The average molecular weight is 201 g/mol. The molecule has 0 aliphatic rings. The molecule has 0 aromatic heterocycles. The Balaban J connectivity index is 4.47. The second-order valence-electron chi connectivity index (χ2n) is 3.63. The Morgan fingerprint density at radius 2 is 1.79 bits per heavy atom. The van der Waals surface area contributed by atoms with Crippen molar-refractivity contribution in [3.8, 4) is 0 Å². The zero-order chi connectivity index (χ0) is 11.1. The normalized spacial score (nSPS) is 10.4. The summed E-state index contributed by atoms with van der Waals surface area (Å²) in [6.45, 7) is 5.36. The van der Waals surface area contributed by atoms with E-state index < -0.39 is 0 Å². The van der Waals surface area contributed by atoms with Gasteiger partial charge in [0.05, 0.1) is 0 Å². The number of urea groups is 1. The molecule has 0 aliphatic carbocycles. The maximum Gasteiger partial charge on any atom is 0.319 e. The number of amides is 2. The van der Waals surface area contributed by atoms with Crippen molar-refractivity contribution in [1.29, 1.82) is 0 Å². The first-order valence-corrected chi connectivity index (χ1v) is 5.26. The number of carbonyl (C=O) groups excluding carboxylic acids is 1. The summed E-state index contributed by atoms with van der Waals surface area (Å²) >= 11 is 0. The molecule has 0 bridgehead atoms. The Labute approximate surface area is 87.0 Å². The van der Waals surface area contributed by atoms with Gasteiger partial charge < -0.3 is 15.5 Å². The van der Waals surface area contributed by atoms with E-state index in [9.17, 15) is 4.79 Å². The van der Waals surface area contributed by atoms with Gasteiger partial charge in [0.2, 0.25) is 0 Å². The molecule has 0 fully saturated rings. The van der Waals surface area contributed by atoms with Crippen LogP contribution in [0.25, 0.3) is 0 Å². The Hall–Kier alpha value is -0.770. The summed E-state index contributed by atoms with van der Waals surface area (Å²) in [5.41, 5.74) is 5.50. The average Bonchev–Trinajstić information content (AvgIpc) is 2.17. The van der Waals surface area contributed by atoms with Crippen molar-refractivity contribution < 1.29 is 4.79 Å². The van der Waals surface area contributed by atoms with Gasteiger partial charge in [0.25, 0.3) is 0 Å². The fourth-order valence-electron chi connectivity index (χ4n) is 1.56. The van der Waals surface area contributed by atoms with Crippen molar-refractivity contribution in [3.05, 3.63) is 0 Å². The predicted octanol–water partition coefficient (Wildman–Crippen LogP) is 1.12. The Kier molecular flexibility index (Phi) is 6.28. The molecule has 0 unspecified atom stereocenters. The number of hydrogen-bond acceptors (Lipinski definition) is 2. The molecule has 2 amide bonds. The minimum absolute atomic E-state index is 0.0594. The molecule has 0 atom stereocenters. The van der Waals surface area contributed by atoms with Crippen LogP contribution >= 0.6 is 0 Å². The number of rotatable bonds is 5. The first-order valence-electron chi connectivity index (χ1n) is 5.26. The molecule has 4 nitrogen and oxygen atoms in total. The lowest BCUT2D eigenvalue weighted by Gasteiger charge is -2.32. The molecule has 0 saturated carbocycles. The summed E-state index contributed by atoms with van der Waals surface area (Å²) in [6.07, 6.45) is 1.96. The van der Waals surface area contributed by atoms with Crippen LogP contribution in [0.4, 0.5) is 4.79 Å². The quantitative estimate of drug-likeness (QED) is 0.724. The van der Waals surface area contributed by atoms with Crippen LogP contribution in [0.1, 0.15) is 26.7 Å². The fraction of sp³-hybridized carbons (Fsp3) is 0.900. The molecule has 84 valence electrons. The first kappa shape index (κ1) is 13.2. The number of carbonyl (C=O) groups is 1. The lowest BCUT2D eigenvalue weighted by Crippen LogP contribution is -2.47. The van der Waals surface area contributed by atoms with Crippen LogP contribution in [0.2, 0.25) is 0 Å². The van der Waals surface area contributed by atoms with Crippen molar-refractivity contribution in [2.75, 3.05) is 27.2 Å². The van der Waals surface area contributed by atoms with Crippen LogP contribution in [-0.2, 0) is 0 Å². The van der Waals surface area contributed by atoms with E-state index in [4.69, 9.17) is 5.73 Å². The van der Waals surface area contributed by atoms with Gasteiger partial charge in [0, 0.05) is 33.2 Å². The third-order valence-corrected chi connectivity index (χ3v) is 2.38. The minimum Gasteiger partial charge on any atom is -0.331 e. The van der Waals surface area contributed by atoms with Crippen LogP contribution in [0, 0.1) is 0 Å². The highest BCUT2D eigenvalue weighted by atomic mass is 16.2. The zero-order valence-electron chi connectivity index (χ0n) is 9.79. The van der Waals surface area contributed by atoms with Gasteiger partial charge in [-0.05, 0) is 12.8 Å². The van der Waals surface area contributed by atoms with E-state index in [2.05, 4.69) is 13.8 Å². The summed E-state index contributed by atoms with van der Waals surface area (Å²) in [5.74, 6) is 0. The summed E-state index contributed by atoms with van der Waals surface area (Å²) in [7, 11) is 3.54. The molecule has 0 aliphatic heterocycles. The molecule has 14 heavy (non-hydrogen) atoms. The van der Waals surface area contributed by atoms with Crippen LogP contribution < -0.4 is 5.73 Å². The largest absolute Gasteiger partial charge is 0.331 e. The van der Waals surface area contributed by atoms with Gasteiger partial charge in [-0.25, -0.2) is 4.79 Å². The van der Waals surface area contributed by atoms with E-state index in [0.717, 1.165) is 12.8 Å². The lowest BCUT2D eigenvalue weighted by molar-refractivity contribution is 0.147. The SMILES string of the molecule is CCC(CC)N(CCN)C(=O)N(C)C. The third kappa shape index (κ3) is 3.54. The van der Waals surface area contributed by atoms with Crippen molar-refractivity contribution >= 4 is 6.03 Å². The maximum absolute atomic E-state index is 11.8. The van der Waals surface area contributed by atoms with Crippen molar-refractivity contribution in [3.63, 3.8) is 0 Å². The van der Waals surface area contributed by atoms with E-state index in [0.29, 0.717) is 19.1 Å². The molecule has 4 heteroatoms. The third-order valence-electron chi connectivity index (χ3n) is 2.38. The monoisotopic (exact) mass is 201 g/mol. The highest BCUT2D eigenvalue weighted by Crippen LogP contribution is 2.09. The number of hydrogen-bond donors (Lipinski definition) is 1. The minimum atomic E-state index is 0.0594. The second kappa shape index (κ2) is 6.65. The summed E-state index contributed by atoms with van der Waals surface area (Å²) in [5, 5.41) is 0. The van der Waals surface area contributed by atoms with Crippen LogP contribution in [0.3, 0.4) is 0 Å². The van der Waals surface area contributed by atoms with Gasteiger partial charge in [0.1, 0.15) is 0 Å². The lowest BCUT2D eigenvalue weighted by atomic mass is 10.1. The van der Waals surface area contributed by atoms with E-state index in [1.165, 1.54) is 0 Å². The highest BCUT2D eigenvalue weighted by molar-refractivity contribution is 5.74.